The van der Waals surface area contributed by atoms with Crippen LogP contribution in [0.15, 0.2) is 18.2 Å². The second-order valence-electron chi connectivity index (χ2n) is 4.37. The summed E-state index contributed by atoms with van der Waals surface area (Å²) in [5, 5.41) is 13.1. The highest BCUT2D eigenvalue weighted by Gasteiger charge is 2.10. The van der Waals surface area contributed by atoms with E-state index >= 15 is 0 Å². The highest BCUT2D eigenvalue weighted by molar-refractivity contribution is 5.78. The SMILES string of the molecule is CCOc1cccc(CNCC(=O)N(CC)CC)c1O. The van der Waals surface area contributed by atoms with Crippen molar-refractivity contribution in [2.24, 2.45) is 0 Å². The van der Waals surface area contributed by atoms with Crippen LogP contribution in [0, 0.1) is 0 Å². The van der Waals surface area contributed by atoms with Gasteiger partial charge in [-0.25, -0.2) is 0 Å². The van der Waals surface area contributed by atoms with Gasteiger partial charge in [0.15, 0.2) is 11.5 Å². The van der Waals surface area contributed by atoms with Crippen LogP contribution in [-0.2, 0) is 11.3 Å². The Morgan fingerprint density at radius 2 is 2.00 bits per heavy atom. The summed E-state index contributed by atoms with van der Waals surface area (Å²) in [6, 6.07) is 5.37. The minimum absolute atomic E-state index is 0.0652. The van der Waals surface area contributed by atoms with E-state index in [1.165, 1.54) is 0 Å². The fourth-order valence-electron chi connectivity index (χ4n) is 1.97. The predicted octanol–water partition coefficient (Wildman–Crippen LogP) is 1.75. The number of ether oxygens (including phenoxy) is 1. The van der Waals surface area contributed by atoms with E-state index in [1.807, 2.05) is 32.9 Å². The molecule has 0 radical (unpaired) electrons. The second-order valence-corrected chi connectivity index (χ2v) is 4.37. The normalized spacial score (nSPS) is 10.3. The molecule has 1 rings (SSSR count). The van der Waals surface area contributed by atoms with Crippen LogP contribution in [0.25, 0.3) is 0 Å². The molecule has 0 aliphatic rings. The van der Waals surface area contributed by atoms with Crippen molar-refractivity contribution in [2.45, 2.75) is 27.3 Å². The van der Waals surface area contributed by atoms with E-state index in [2.05, 4.69) is 5.32 Å². The molecule has 112 valence electrons. The lowest BCUT2D eigenvalue weighted by molar-refractivity contribution is -0.129. The smallest absolute Gasteiger partial charge is 0.236 e. The van der Waals surface area contributed by atoms with Crippen molar-refractivity contribution in [3.63, 3.8) is 0 Å². The molecule has 20 heavy (non-hydrogen) atoms. The molecule has 5 nitrogen and oxygen atoms in total. The molecule has 5 heteroatoms. The molecule has 0 unspecified atom stereocenters. The number of phenols is 1. The lowest BCUT2D eigenvalue weighted by Crippen LogP contribution is -2.37. The molecule has 0 fully saturated rings. The van der Waals surface area contributed by atoms with E-state index in [1.54, 1.807) is 11.0 Å². The fourth-order valence-corrected chi connectivity index (χ4v) is 1.97. The Morgan fingerprint density at radius 3 is 2.60 bits per heavy atom. The number of phenolic OH excluding ortho intramolecular Hbond substituents is 1. The van der Waals surface area contributed by atoms with Gasteiger partial charge in [-0.15, -0.1) is 0 Å². The number of hydrogen-bond donors (Lipinski definition) is 2. The van der Waals surface area contributed by atoms with Crippen LogP contribution in [0.3, 0.4) is 0 Å². The summed E-state index contributed by atoms with van der Waals surface area (Å²) in [6.07, 6.45) is 0. The number of nitrogens with one attached hydrogen (secondary N) is 1. The zero-order valence-electron chi connectivity index (χ0n) is 12.5. The number of benzene rings is 1. The van der Waals surface area contributed by atoms with Crippen molar-refractivity contribution in [1.82, 2.24) is 10.2 Å². The largest absolute Gasteiger partial charge is 0.504 e. The van der Waals surface area contributed by atoms with Gasteiger partial charge in [0.1, 0.15) is 0 Å². The summed E-state index contributed by atoms with van der Waals surface area (Å²) in [5.74, 6) is 0.675. The lowest BCUT2D eigenvalue weighted by Gasteiger charge is -2.19. The third-order valence-corrected chi connectivity index (χ3v) is 3.09. The molecule has 0 aliphatic carbocycles. The standard InChI is InChI=1S/C15H24N2O3/c1-4-17(5-2)14(18)11-16-10-12-8-7-9-13(15(12)19)20-6-3/h7-9,16,19H,4-6,10-11H2,1-3H3. The zero-order valence-corrected chi connectivity index (χ0v) is 12.5. The maximum absolute atomic E-state index is 11.8. The lowest BCUT2D eigenvalue weighted by atomic mass is 10.2. The van der Waals surface area contributed by atoms with Gasteiger partial charge in [-0.05, 0) is 26.8 Å². The number of likely N-dealkylation sites (N-methyl/N-ethyl adjacent to an activating group) is 1. The number of amides is 1. The Labute approximate surface area is 120 Å². The average molecular weight is 280 g/mol. The molecule has 0 spiro atoms. The summed E-state index contributed by atoms with van der Waals surface area (Å²) in [5.41, 5.74) is 0.725. The van der Waals surface area contributed by atoms with Crippen molar-refractivity contribution in [2.75, 3.05) is 26.2 Å². The minimum atomic E-state index is 0.0652. The molecule has 0 heterocycles. The van der Waals surface area contributed by atoms with Gasteiger partial charge < -0.3 is 20.1 Å². The quantitative estimate of drug-likeness (QED) is 0.761. The van der Waals surface area contributed by atoms with Crippen LogP contribution < -0.4 is 10.1 Å². The summed E-state index contributed by atoms with van der Waals surface area (Å²) in [7, 11) is 0. The Bertz CT molecular complexity index is 431. The van der Waals surface area contributed by atoms with Gasteiger partial charge >= 0.3 is 0 Å². The van der Waals surface area contributed by atoms with Crippen molar-refractivity contribution in [1.29, 1.82) is 0 Å². The Morgan fingerprint density at radius 1 is 1.30 bits per heavy atom. The van der Waals surface area contributed by atoms with E-state index < -0.39 is 0 Å². The first-order chi connectivity index (χ1) is 9.63. The van der Waals surface area contributed by atoms with Crippen LogP contribution in [0.4, 0.5) is 0 Å². The Kier molecular flexibility index (Phi) is 6.87. The molecular formula is C15H24N2O3. The summed E-state index contributed by atoms with van der Waals surface area (Å²) in [4.78, 5) is 13.6. The molecular weight excluding hydrogens is 256 g/mol. The van der Waals surface area contributed by atoms with Crippen LogP contribution in [0.2, 0.25) is 0 Å². The van der Waals surface area contributed by atoms with E-state index in [0.717, 1.165) is 5.56 Å². The van der Waals surface area contributed by atoms with Crippen LogP contribution in [0.5, 0.6) is 11.5 Å². The first kappa shape index (κ1) is 16.3. The van der Waals surface area contributed by atoms with Gasteiger partial charge in [0.05, 0.1) is 13.2 Å². The third-order valence-electron chi connectivity index (χ3n) is 3.09. The second kappa shape index (κ2) is 8.43. The number of rotatable bonds is 8. The van der Waals surface area contributed by atoms with E-state index in [-0.39, 0.29) is 18.2 Å². The first-order valence-corrected chi connectivity index (χ1v) is 7.06. The van der Waals surface area contributed by atoms with Crippen LogP contribution >= 0.6 is 0 Å². The van der Waals surface area contributed by atoms with Crippen molar-refractivity contribution in [3.05, 3.63) is 23.8 Å². The summed E-state index contributed by atoms with van der Waals surface area (Å²) >= 11 is 0. The predicted molar refractivity (Wildman–Crippen MR) is 78.9 cm³/mol. The number of nitrogens with zero attached hydrogens (tertiary/aromatic N) is 1. The highest BCUT2D eigenvalue weighted by Crippen LogP contribution is 2.29. The molecule has 1 aromatic rings. The van der Waals surface area contributed by atoms with Gasteiger partial charge in [-0.3, -0.25) is 4.79 Å². The van der Waals surface area contributed by atoms with Gasteiger partial charge in [-0.1, -0.05) is 12.1 Å². The Balaban J connectivity index is 2.54. The van der Waals surface area contributed by atoms with E-state index in [4.69, 9.17) is 4.74 Å². The maximum Gasteiger partial charge on any atom is 0.236 e. The zero-order chi connectivity index (χ0) is 15.0. The van der Waals surface area contributed by atoms with Gasteiger partial charge in [0.2, 0.25) is 5.91 Å². The van der Waals surface area contributed by atoms with E-state index in [9.17, 15) is 9.90 Å². The third kappa shape index (κ3) is 4.42. The minimum Gasteiger partial charge on any atom is -0.504 e. The molecule has 1 aromatic carbocycles. The van der Waals surface area contributed by atoms with Crippen LogP contribution in [0.1, 0.15) is 26.3 Å². The highest BCUT2D eigenvalue weighted by atomic mass is 16.5. The number of carbonyl (C=O) groups is 1. The number of aromatic hydroxyl groups is 1. The van der Waals surface area contributed by atoms with Gasteiger partial charge in [0.25, 0.3) is 0 Å². The fraction of sp³-hybridized carbons (Fsp3) is 0.533. The number of hydrogen-bond acceptors (Lipinski definition) is 4. The molecule has 1 amide bonds. The van der Waals surface area contributed by atoms with Crippen molar-refractivity contribution < 1.29 is 14.6 Å². The first-order valence-electron chi connectivity index (χ1n) is 7.06. The molecule has 0 saturated heterocycles. The molecule has 0 bridgehead atoms. The average Bonchev–Trinajstić information content (AvgIpc) is 2.44. The van der Waals surface area contributed by atoms with Crippen molar-refractivity contribution in [3.8, 4) is 11.5 Å². The Hall–Kier alpha value is -1.75. The van der Waals surface area contributed by atoms with Gasteiger partial charge in [0, 0.05) is 25.2 Å². The summed E-state index contributed by atoms with van der Waals surface area (Å²) < 4.78 is 5.32. The molecule has 0 aromatic heterocycles. The maximum atomic E-state index is 11.8. The van der Waals surface area contributed by atoms with Crippen molar-refractivity contribution >= 4 is 5.91 Å². The summed E-state index contributed by atoms with van der Waals surface area (Å²) in [6.45, 7) is 8.40. The molecule has 0 atom stereocenters. The molecule has 0 aliphatic heterocycles. The topological polar surface area (TPSA) is 61.8 Å². The number of para-hydroxylation sites is 1. The molecule has 0 saturated carbocycles. The van der Waals surface area contributed by atoms with Crippen LogP contribution in [-0.4, -0.2) is 42.2 Å². The van der Waals surface area contributed by atoms with E-state index in [0.29, 0.717) is 32.0 Å². The molecule has 2 N–H and O–H groups in total. The number of carbonyl (C=O) groups excluding carboxylic acids is 1. The monoisotopic (exact) mass is 280 g/mol. The van der Waals surface area contributed by atoms with Gasteiger partial charge in [-0.2, -0.15) is 0 Å².